The van der Waals surface area contributed by atoms with Crippen molar-refractivity contribution in [1.29, 1.82) is 0 Å². The van der Waals surface area contributed by atoms with Crippen LogP contribution < -0.4 is 11.5 Å². The third kappa shape index (κ3) is 1.24. The van der Waals surface area contributed by atoms with Gasteiger partial charge in [0.1, 0.15) is 5.75 Å². The molecule has 1 heterocycles. The van der Waals surface area contributed by atoms with Crippen LogP contribution in [-0.4, -0.2) is 5.11 Å². The first kappa shape index (κ1) is 8.34. The van der Waals surface area contributed by atoms with Crippen molar-refractivity contribution in [2.24, 2.45) is 5.73 Å². The molecule has 0 atom stereocenters. The Labute approximate surface area is 79.6 Å². The van der Waals surface area contributed by atoms with Crippen molar-refractivity contribution >= 4 is 27.1 Å². The SMILES string of the molecule is NCc1sc2ccc(N)cc2c1O. The average Bonchev–Trinajstić information content (AvgIpc) is 2.44. The highest BCUT2D eigenvalue weighted by Gasteiger charge is 2.09. The fourth-order valence-corrected chi connectivity index (χ4v) is 2.25. The van der Waals surface area contributed by atoms with Crippen LogP contribution >= 0.6 is 11.3 Å². The number of thiophene rings is 1. The summed E-state index contributed by atoms with van der Waals surface area (Å²) in [6.07, 6.45) is 0. The molecule has 0 aliphatic rings. The molecule has 0 fully saturated rings. The Bertz CT molecular complexity index is 450. The van der Waals surface area contributed by atoms with Gasteiger partial charge in [0.25, 0.3) is 0 Å². The highest BCUT2D eigenvalue weighted by molar-refractivity contribution is 7.19. The number of anilines is 1. The van der Waals surface area contributed by atoms with Gasteiger partial charge in [-0.15, -0.1) is 11.3 Å². The molecule has 0 radical (unpaired) electrons. The summed E-state index contributed by atoms with van der Waals surface area (Å²) in [7, 11) is 0. The van der Waals surface area contributed by atoms with Crippen LogP contribution in [0.25, 0.3) is 10.1 Å². The standard InChI is InChI=1S/C9H10N2OS/c10-4-8-9(12)6-3-5(11)1-2-7(6)13-8/h1-3,12H,4,10-11H2. The smallest absolute Gasteiger partial charge is 0.138 e. The normalized spacial score (nSPS) is 10.8. The molecule has 0 unspecified atom stereocenters. The van der Waals surface area contributed by atoms with Crippen molar-refractivity contribution in [3.05, 3.63) is 23.1 Å². The second-order valence-corrected chi connectivity index (χ2v) is 3.97. The van der Waals surface area contributed by atoms with E-state index in [0.29, 0.717) is 12.2 Å². The Morgan fingerprint density at radius 2 is 2.15 bits per heavy atom. The van der Waals surface area contributed by atoms with Gasteiger partial charge in [0, 0.05) is 22.3 Å². The molecule has 0 spiro atoms. The predicted octanol–water partition coefficient (Wildman–Crippen LogP) is 1.65. The quantitative estimate of drug-likeness (QED) is 0.604. The highest BCUT2D eigenvalue weighted by Crippen LogP contribution is 2.37. The molecule has 3 nitrogen and oxygen atoms in total. The van der Waals surface area contributed by atoms with Crippen LogP contribution in [0.1, 0.15) is 4.88 Å². The van der Waals surface area contributed by atoms with E-state index in [0.717, 1.165) is 15.0 Å². The summed E-state index contributed by atoms with van der Waals surface area (Å²) >= 11 is 1.50. The van der Waals surface area contributed by atoms with Crippen molar-refractivity contribution in [2.45, 2.75) is 6.54 Å². The van der Waals surface area contributed by atoms with E-state index in [-0.39, 0.29) is 5.75 Å². The van der Waals surface area contributed by atoms with Gasteiger partial charge < -0.3 is 16.6 Å². The van der Waals surface area contributed by atoms with Crippen LogP contribution in [0.4, 0.5) is 5.69 Å². The van der Waals surface area contributed by atoms with Gasteiger partial charge in [-0.1, -0.05) is 0 Å². The van der Waals surface area contributed by atoms with Crippen LogP contribution in [0.2, 0.25) is 0 Å². The van der Waals surface area contributed by atoms with E-state index < -0.39 is 0 Å². The predicted molar refractivity (Wildman–Crippen MR) is 55.8 cm³/mol. The first-order valence-corrected chi connectivity index (χ1v) is 4.74. The minimum absolute atomic E-state index is 0.273. The molecule has 0 bridgehead atoms. The molecule has 0 saturated carbocycles. The van der Waals surface area contributed by atoms with Crippen molar-refractivity contribution < 1.29 is 5.11 Å². The number of rotatable bonds is 1. The van der Waals surface area contributed by atoms with Crippen molar-refractivity contribution in [3.63, 3.8) is 0 Å². The summed E-state index contributed by atoms with van der Waals surface area (Å²) < 4.78 is 1.02. The van der Waals surface area contributed by atoms with E-state index in [4.69, 9.17) is 11.5 Å². The number of aromatic hydroxyl groups is 1. The van der Waals surface area contributed by atoms with E-state index in [9.17, 15) is 5.11 Å². The lowest BCUT2D eigenvalue weighted by molar-refractivity contribution is 0.478. The number of nitrogens with two attached hydrogens (primary N) is 2. The highest BCUT2D eigenvalue weighted by atomic mass is 32.1. The van der Waals surface area contributed by atoms with Crippen molar-refractivity contribution in [2.75, 3.05) is 5.73 Å². The van der Waals surface area contributed by atoms with Gasteiger partial charge in [-0.3, -0.25) is 0 Å². The molecule has 0 aliphatic heterocycles. The molecule has 5 N–H and O–H groups in total. The van der Waals surface area contributed by atoms with Gasteiger partial charge in [-0.05, 0) is 18.2 Å². The van der Waals surface area contributed by atoms with E-state index in [1.807, 2.05) is 12.1 Å². The second kappa shape index (κ2) is 2.90. The van der Waals surface area contributed by atoms with Crippen LogP contribution in [0.15, 0.2) is 18.2 Å². The first-order valence-electron chi connectivity index (χ1n) is 3.92. The average molecular weight is 194 g/mol. The molecule has 1 aromatic carbocycles. The molecular weight excluding hydrogens is 184 g/mol. The van der Waals surface area contributed by atoms with Gasteiger partial charge >= 0.3 is 0 Å². The lowest BCUT2D eigenvalue weighted by atomic mass is 10.2. The van der Waals surface area contributed by atoms with Crippen molar-refractivity contribution in [1.82, 2.24) is 0 Å². The Hall–Kier alpha value is -1.26. The van der Waals surface area contributed by atoms with Gasteiger partial charge in [-0.25, -0.2) is 0 Å². The summed E-state index contributed by atoms with van der Waals surface area (Å²) in [4.78, 5) is 0.806. The second-order valence-electron chi connectivity index (χ2n) is 2.83. The van der Waals surface area contributed by atoms with Crippen LogP contribution in [0.5, 0.6) is 5.75 Å². The van der Waals surface area contributed by atoms with Crippen LogP contribution in [0.3, 0.4) is 0 Å². The Morgan fingerprint density at radius 1 is 1.38 bits per heavy atom. The molecule has 0 amide bonds. The molecule has 4 heteroatoms. The number of hydrogen-bond acceptors (Lipinski definition) is 4. The lowest BCUT2D eigenvalue weighted by Crippen LogP contribution is -1.92. The zero-order chi connectivity index (χ0) is 9.42. The lowest BCUT2D eigenvalue weighted by Gasteiger charge is -1.93. The fourth-order valence-electron chi connectivity index (χ4n) is 1.29. The molecule has 0 aliphatic carbocycles. The van der Waals surface area contributed by atoms with E-state index >= 15 is 0 Å². The van der Waals surface area contributed by atoms with E-state index in [2.05, 4.69) is 0 Å². The zero-order valence-electron chi connectivity index (χ0n) is 6.95. The summed E-state index contributed by atoms with van der Waals surface area (Å²) in [5.74, 6) is 0.273. The Morgan fingerprint density at radius 3 is 2.85 bits per heavy atom. The number of benzene rings is 1. The number of fused-ring (bicyclic) bond motifs is 1. The van der Waals surface area contributed by atoms with E-state index in [1.165, 1.54) is 11.3 Å². The van der Waals surface area contributed by atoms with Gasteiger partial charge in [0.2, 0.25) is 0 Å². The topological polar surface area (TPSA) is 72.3 Å². The van der Waals surface area contributed by atoms with Crippen molar-refractivity contribution in [3.8, 4) is 5.75 Å². The van der Waals surface area contributed by atoms with Crippen LogP contribution in [-0.2, 0) is 6.54 Å². The first-order chi connectivity index (χ1) is 6.22. The summed E-state index contributed by atoms with van der Waals surface area (Å²) in [5, 5.41) is 10.5. The largest absolute Gasteiger partial charge is 0.506 e. The molecular formula is C9H10N2OS. The maximum atomic E-state index is 9.69. The molecule has 68 valence electrons. The number of hydrogen-bond donors (Lipinski definition) is 3. The maximum absolute atomic E-state index is 9.69. The summed E-state index contributed by atoms with van der Waals surface area (Å²) in [6.45, 7) is 0.366. The Kier molecular flexibility index (Phi) is 1.86. The maximum Gasteiger partial charge on any atom is 0.138 e. The molecule has 0 saturated heterocycles. The summed E-state index contributed by atoms with van der Waals surface area (Å²) in [5.41, 5.74) is 11.7. The van der Waals surface area contributed by atoms with Gasteiger partial charge in [-0.2, -0.15) is 0 Å². The third-order valence-electron chi connectivity index (χ3n) is 1.94. The fraction of sp³-hybridized carbons (Fsp3) is 0.111. The minimum atomic E-state index is 0.273. The third-order valence-corrected chi connectivity index (χ3v) is 3.12. The molecule has 1 aromatic heterocycles. The monoisotopic (exact) mass is 194 g/mol. The Balaban J connectivity index is 2.77. The molecule has 13 heavy (non-hydrogen) atoms. The minimum Gasteiger partial charge on any atom is -0.506 e. The number of nitrogen functional groups attached to an aromatic ring is 1. The summed E-state index contributed by atoms with van der Waals surface area (Å²) in [6, 6.07) is 5.48. The zero-order valence-corrected chi connectivity index (χ0v) is 7.77. The molecule has 2 rings (SSSR count). The van der Waals surface area contributed by atoms with Gasteiger partial charge in [0.15, 0.2) is 0 Å². The van der Waals surface area contributed by atoms with Gasteiger partial charge in [0.05, 0.1) is 4.88 Å². The molecule has 2 aromatic rings. The van der Waals surface area contributed by atoms with Crippen LogP contribution in [0, 0.1) is 0 Å². The van der Waals surface area contributed by atoms with E-state index in [1.54, 1.807) is 6.07 Å².